The van der Waals surface area contributed by atoms with E-state index in [0.717, 1.165) is 5.56 Å². The zero-order chi connectivity index (χ0) is 8.10. The summed E-state index contributed by atoms with van der Waals surface area (Å²) in [7, 11) is 0. The molecule has 0 aliphatic heterocycles. The molecular weight excluding hydrogens is 182 g/mol. The molecule has 0 aliphatic rings. The van der Waals surface area contributed by atoms with Gasteiger partial charge in [0.25, 0.3) is 0 Å². The van der Waals surface area contributed by atoms with Crippen molar-refractivity contribution in [3.8, 4) is 0 Å². The maximum absolute atomic E-state index is 5.59. The summed E-state index contributed by atoms with van der Waals surface area (Å²) in [6, 6.07) is 3.64. The third-order valence-electron chi connectivity index (χ3n) is 1.13. The summed E-state index contributed by atoms with van der Waals surface area (Å²) in [6.45, 7) is 0.575. The summed E-state index contributed by atoms with van der Waals surface area (Å²) in [4.78, 5) is 3.91. The maximum Gasteiger partial charge on any atom is 0.129 e. The first kappa shape index (κ1) is 8.84. The lowest BCUT2D eigenvalue weighted by atomic mass is 10.3. The standard InChI is InChI=1S/C7H8ClNOS/c1-11-10-5-6-2-3-7(8)9-4-6/h2-4H,5H2,1H3. The molecule has 60 valence electrons. The smallest absolute Gasteiger partial charge is 0.129 e. The fourth-order valence-electron chi connectivity index (χ4n) is 0.619. The molecule has 1 rings (SSSR count). The SMILES string of the molecule is CSOCc1ccc(Cl)nc1. The highest BCUT2D eigenvalue weighted by molar-refractivity contribution is 7.93. The third kappa shape index (κ3) is 3.10. The quantitative estimate of drug-likeness (QED) is 0.539. The van der Waals surface area contributed by atoms with Crippen molar-refractivity contribution in [1.82, 2.24) is 4.98 Å². The Balaban J connectivity index is 2.52. The normalized spacial score (nSPS) is 10.0. The first-order valence-corrected chi connectivity index (χ1v) is 4.62. The lowest BCUT2D eigenvalue weighted by molar-refractivity contribution is 0.365. The van der Waals surface area contributed by atoms with Crippen molar-refractivity contribution >= 4 is 23.6 Å². The molecule has 0 atom stereocenters. The maximum atomic E-state index is 5.59. The van der Waals surface area contributed by atoms with Gasteiger partial charge in [-0.15, -0.1) is 0 Å². The number of nitrogens with zero attached hydrogens (tertiary/aromatic N) is 1. The minimum Gasteiger partial charge on any atom is -0.311 e. The van der Waals surface area contributed by atoms with E-state index in [1.165, 1.54) is 12.0 Å². The molecule has 4 heteroatoms. The molecule has 0 aliphatic carbocycles. The van der Waals surface area contributed by atoms with E-state index in [4.69, 9.17) is 15.8 Å². The molecule has 0 radical (unpaired) electrons. The molecule has 0 unspecified atom stereocenters. The predicted octanol–water partition coefficient (Wildman–Crippen LogP) is 2.53. The van der Waals surface area contributed by atoms with Crippen LogP contribution in [0.25, 0.3) is 0 Å². The number of pyridine rings is 1. The van der Waals surface area contributed by atoms with E-state index in [9.17, 15) is 0 Å². The van der Waals surface area contributed by atoms with Gasteiger partial charge in [0, 0.05) is 12.5 Å². The molecule has 0 spiro atoms. The molecule has 0 bridgehead atoms. The predicted molar refractivity (Wildman–Crippen MR) is 47.6 cm³/mol. The number of rotatable bonds is 3. The van der Waals surface area contributed by atoms with Gasteiger partial charge in [-0.3, -0.25) is 0 Å². The van der Waals surface area contributed by atoms with Crippen molar-refractivity contribution in [3.63, 3.8) is 0 Å². The molecule has 2 nitrogen and oxygen atoms in total. The van der Waals surface area contributed by atoms with Gasteiger partial charge in [-0.1, -0.05) is 17.7 Å². The Morgan fingerprint density at radius 3 is 3.00 bits per heavy atom. The van der Waals surface area contributed by atoms with Crippen molar-refractivity contribution in [2.75, 3.05) is 6.26 Å². The Kier molecular flexibility index (Phi) is 3.69. The van der Waals surface area contributed by atoms with Crippen LogP contribution in [0, 0.1) is 0 Å². The zero-order valence-electron chi connectivity index (χ0n) is 6.08. The van der Waals surface area contributed by atoms with E-state index in [1.807, 2.05) is 12.3 Å². The van der Waals surface area contributed by atoms with Gasteiger partial charge in [-0.2, -0.15) is 0 Å². The number of hydrogen-bond acceptors (Lipinski definition) is 3. The average Bonchev–Trinajstić information content (AvgIpc) is 2.04. The van der Waals surface area contributed by atoms with Crippen LogP contribution in [0.2, 0.25) is 5.15 Å². The van der Waals surface area contributed by atoms with E-state index in [2.05, 4.69) is 4.98 Å². The van der Waals surface area contributed by atoms with E-state index in [0.29, 0.717) is 11.8 Å². The van der Waals surface area contributed by atoms with Crippen molar-refractivity contribution in [2.45, 2.75) is 6.61 Å². The summed E-state index contributed by atoms with van der Waals surface area (Å²) in [5.41, 5.74) is 1.03. The Labute approximate surface area is 75.1 Å². The van der Waals surface area contributed by atoms with Crippen molar-refractivity contribution in [1.29, 1.82) is 0 Å². The second-order valence-corrected chi connectivity index (χ2v) is 2.87. The third-order valence-corrected chi connectivity index (χ3v) is 1.71. The second kappa shape index (κ2) is 4.59. The largest absolute Gasteiger partial charge is 0.311 e. The minimum atomic E-state index is 0.512. The molecule has 1 aromatic rings. The molecule has 1 heterocycles. The van der Waals surface area contributed by atoms with Gasteiger partial charge in [0.15, 0.2) is 0 Å². The van der Waals surface area contributed by atoms with E-state index >= 15 is 0 Å². The number of halogens is 1. The summed E-state index contributed by atoms with van der Waals surface area (Å²) in [6.07, 6.45) is 3.59. The number of hydrogen-bond donors (Lipinski definition) is 0. The molecule has 0 amide bonds. The lowest BCUT2D eigenvalue weighted by Crippen LogP contribution is -1.86. The van der Waals surface area contributed by atoms with Crippen LogP contribution in [-0.4, -0.2) is 11.2 Å². The van der Waals surface area contributed by atoms with Crippen molar-refractivity contribution in [3.05, 3.63) is 29.0 Å². The molecule has 0 saturated heterocycles. The lowest BCUT2D eigenvalue weighted by Gasteiger charge is -1.98. The van der Waals surface area contributed by atoms with Gasteiger partial charge in [0.1, 0.15) is 5.15 Å². The number of aromatic nitrogens is 1. The van der Waals surface area contributed by atoms with Crippen LogP contribution >= 0.6 is 23.6 Å². The Bertz CT molecular complexity index is 214. The molecule has 0 aromatic carbocycles. The van der Waals surface area contributed by atoms with Gasteiger partial charge < -0.3 is 4.18 Å². The second-order valence-electron chi connectivity index (χ2n) is 1.92. The van der Waals surface area contributed by atoms with Crippen LogP contribution in [0.3, 0.4) is 0 Å². The fourth-order valence-corrected chi connectivity index (χ4v) is 0.985. The molecule has 1 aromatic heterocycles. The van der Waals surface area contributed by atoms with E-state index in [-0.39, 0.29) is 0 Å². The molecule has 11 heavy (non-hydrogen) atoms. The summed E-state index contributed by atoms with van der Waals surface area (Å²) >= 11 is 6.93. The topological polar surface area (TPSA) is 22.1 Å². The monoisotopic (exact) mass is 189 g/mol. The first-order chi connectivity index (χ1) is 5.33. The highest BCUT2D eigenvalue weighted by Crippen LogP contribution is 2.08. The highest BCUT2D eigenvalue weighted by atomic mass is 35.5. The highest BCUT2D eigenvalue weighted by Gasteiger charge is 1.92. The van der Waals surface area contributed by atoms with Crippen LogP contribution < -0.4 is 0 Å². The van der Waals surface area contributed by atoms with Gasteiger partial charge in [0.05, 0.1) is 6.61 Å². The van der Waals surface area contributed by atoms with Gasteiger partial charge >= 0.3 is 0 Å². The van der Waals surface area contributed by atoms with Gasteiger partial charge in [-0.05, 0) is 23.7 Å². The van der Waals surface area contributed by atoms with E-state index in [1.54, 1.807) is 12.3 Å². The summed E-state index contributed by atoms with van der Waals surface area (Å²) in [5, 5.41) is 0.512. The Morgan fingerprint density at radius 1 is 1.64 bits per heavy atom. The van der Waals surface area contributed by atoms with Crippen molar-refractivity contribution in [2.24, 2.45) is 0 Å². The van der Waals surface area contributed by atoms with Crippen LogP contribution in [0.5, 0.6) is 0 Å². The molecule has 0 saturated carbocycles. The Hall–Kier alpha value is -0.250. The molecular formula is C7H8ClNOS. The average molecular weight is 190 g/mol. The van der Waals surface area contributed by atoms with E-state index < -0.39 is 0 Å². The van der Waals surface area contributed by atoms with Gasteiger partial charge in [-0.25, -0.2) is 4.98 Å². The summed E-state index contributed by atoms with van der Waals surface area (Å²) in [5.74, 6) is 0. The van der Waals surface area contributed by atoms with Crippen LogP contribution in [-0.2, 0) is 10.8 Å². The Morgan fingerprint density at radius 2 is 2.45 bits per heavy atom. The van der Waals surface area contributed by atoms with Crippen LogP contribution in [0.4, 0.5) is 0 Å². The molecule has 0 fully saturated rings. The zero-order valence-corrected chi connectivity index (χ0v) is 7.65. The van der Waals surface area contributed by atoms with Gasteiger partial charge in [0.2, 0.25) is 0 Å². The summed E-state index contributed by atoms with van der Waals surface area (Å²) < 4.78 is 5.09. The van der Waals surface area contributed by atoms with Crippen molar-refractivity contribution < 1.29 is 4.18 Å². The van der Waals surface area contributed by atoms with Crippen LogP contribution in [0.15, 0.2) is 18.3 Å². The van der Waals surface area contributed by atoms with Crippen LogP contribution in [0.1, 0.15) is 5.56 Å². The minimum absolute atomic E-state index is 0.512. The fraction of sp³-hybridized carbons (Fsp3) is 0.286. The molecule has 0 N–H and O–H groups in total. The first-order valence-electron chi connectivity index (χ1n) is 3.09.